The first-order valence-corrected chi connectivity index (χ1v) is 38.6. The molecule has 41 heteroatoms. The number of phenolic OH excluding ortho intramolecular Hbond substituents is 5. The molecule has 0 aliphatic carbocycles. The second kappa shape index (κ2) is 46.5. The number of aliphatic carboxylic acids is 4. The molecule has 0 bridgehead atoms. The van der Waals surface area contributed by atoms with Gasteiger partial charge in [-0.3, -0.25) is 71.9 Å². The van der Waals surface area contributed by atoms with Crippen molar-refractivity contribution in [2.45, 2.75) is 164 Å². The van der Waals surface area contributed by atoms with E-state index in [0.29, 0.717) is 22.3 Å². The van der Waals surface area contributed by atoms with Gasteiger partial charge in [0.2, 0.25) is 70.9 Å². The lowest BCUT2D eigenvalue weighted by atomic mass is 10.00. The number of hydrogen-bond acceptors (Lipinski definition) is 24. The average molecular weight is 1720 g/mol. The van der Waals surface area contributed by atoms with Gasteiger partial charge in [0.1, 0.15) is 95.2 Å². The number of imidazole rings is 1. The van der Waals surface area contributed by atoms with Crippen LogP contribution in [0, 0.1) is 5.92 Å². The number of amides is 12. The second-order valence-electron chi connectivity index (χ2n) is 29.3. The van der Waals surface area contributed by atoms with Gasteiger partial charge < -0.3 is 126 Å². The van der Waals surface area contributed by atoms with E-state index in [2.05, 4.69) is 73.8 Å². The smallest absolute Gasteiger partial charge is 0.326 e. The highest BCUT2D eigenvalue weighted by atomic mass is 16.4. The molecule has 0 spiro atoms. The molecule has 25 N–H and O–H groups in total. The number of aromatic hydroxyl groups is 5. The van der Waals surface area contributed by atoms with Gasteiger partial charge in [0, 0.05) is 50.4 Å². The van der Waals surface area contributed by atoms with Crippen LogP contribution < -0.4 is 69.5 Å². The molecule has 0 fully saturated rings. The number of carboxylic acid groups (broad SMARTS) is 4. The summed E-state index contributed by atoms with van der Waals surface area (Å²) < 4.78 is 0. The van der Waals surface area contributed by atoms with E-state index in [1.165, 1.54) is 122 Å². The summed E-state index contributed by atoms with van der Waals surface area (Å²) in [6.07, 6.45) is -5.68. The highest BCUT2D eigenvalue weighted by Gasteiger charge is 2.39. The monoisotopic (exact) mass is 1720 g/mol. The number of aliphatic hydroxyl groups excluding tert-OH is 1. The van der Waals surface area contributed by atoms with Gasteiger partial charge >= 0.3 is 23.9 Å². The molecule has 12 amide bonds. The fourth-order valence-electron chi connectivity index (χ4n) is 12.5. The van der Waals surface area contributed by atoms with Crippen LogP contribution in [0.3, 0.4) is 0 Å². The predicted molar refractivity (Wildman–Crippen MR) is 435 cm³/mol. The topological polar surface area (TPSA) is 674 Å². The first-order chi connectivity index (χ1) is 58.7. The largest absolute Gasteiger partial charge is 0.508 e. The van der Waals surface area contributed by atoms with Crippen LogP contribution in [-0.4, -0.2) is 241 Å². The summed E-state index contributed by atoms with van der Waals surface area (Å²) in [6, 6.07) is 12.7. The van der Waals surface area contributed by atoms with E-state index >= 15 is 0 Å². The number of aromatic amines is 1. The molecular weight excluding hydrogens is 1620 g/mol. The van der Waals surface area contributed by atoms with Crippen molar-refractivity contribution in [2.75, 3.05) is 6.54 Å². The van der Waals surface area contributed by atoms with Gasteiger partial charge in [0.25, 0.3) is 0 Å². The molecule has 1 aromatic heterocycles. The third-order valence-electron chi connectivity index (χ3n) is 19.1. The van der Waals surface area contributed by atoms with E-state index in [1.54, 1.807) is 56.3 Å². The number of carbonyl (C=O) groups excluding carboxylic acids is 12. The quantitative estimate of drug-likeness (QED) is 0.0184. The minimum absolute atomic E-state index is 0.00284. The number of carboxylic acids is 4. The van der Waals surface area contributed by atoms with Crippen LogP contribution in [0.2, 0.25) is 0 Å². The zero-order valence-electron chi connectivity index (χ0n) is 67.0. The molecule has 124 heavy (non-hydrogen) atoms. The standard InChI is InChI=1S/C83H97N15O26/c1-42(2)70(97-72(112)56(84)29-45-9-19-51(100)20-10-45)81(121)98-71(43(3)99)82(122)95-57(31-46-11-21-52(101)22-12-46)73(113)86-40-66(105)88-58(32-47-13-23-53(102)24-14-47)74(114)92-63(37-68(108)109)79(119)94-62(36-67(106)107)78(118)90-60(33-48-15-25-54(103)26-16-48)75(115)91-61(35-50-39-85-41-87-50)77(117)89-59(30-44-7-5-4-6-8-44)76(116)93-64(38-69(110)111)80(120)96-65(83(123)124)34-49-17-27-55(104)28-18-49/h4-28,39,41-43,56-65,70-71,99-104H,29-38,40,84H2,1-3H3,(H,85,87)(H,86,113)(H,88,105)(H,89,117)(H,90,118)(H,91,115)(H,92,114)(H,93,116)(H,94,119)(H,95,122)(H,96,120)(H,97,112)(H,98,121)(H,106,107)(H,108,109)(H,110,111)(H,123,124)/t43-,56+,57+,58+,59+,60+,61+,62+,63+,64+,65+,70+,71+/m1/s1. The zero-order chi connectivity index (χ0) is 91.0. The van der Waals surface area contributed by atoms with E-state index in [9.17, 15) is 128 Å². The van der Waals surface area contributed by atoms with Gasteiger partial charge in [0.05, 0.1) is 44.3 Å². The number of hydrogen-bond donors (Lipinski definition) is 24. The molecule has 0 radical (unpaired) electrons. The van der Waals surface area contributed by atoms with Crippen molar-refractivity contribution in [1.82, 2.24) is 73.8 Å². The number of benzene rings is 6. The fourth-order valence-corrected chi connectivity index (χ4v) is 12.5. The molecule has 1 heterocycles. The summed E-state index contributed by atoms with van der Waals surface area (Å²) in [5.74, 6) is -22.7. The number of aliphatic hydroxyl groups is 1. The zero-order valence-corrected chi connectivity index (χ0v) is 67.0. The summed E-state index contributed by atoms with van der Waals surface area (Å²) in [7, 11) is 0. The maximum atomic E-state index is 14.9. The molecular formula is C83H97N15O26. The van der Waals surface area contributed by atoms with Crippen molar-refractivity contribution in [3.05, 3.63) is 203 Å². The minimum Gasteiger partial charge on any atom is -0.508 e. The molecule has 0 aliphatic rings. The maximum absolute atomic E-state index is 14.9. The van der Waals surface area contributed by atoms with E-state index in [0.717, 1.165) is 6.92 Å². The van der Waals surface area contributed by atoms with Crippen LogP contribution in [0.1, 0.15) is 79.1 Å². The molecule has 0 aliphatic heterocycles. The predicted octanol–water partition coefficient (Wildman–Crippen LogP) is -2.74. The van der Waals surface area contributed by atoms with Crippen LogP contribution in [-0.2, 0) is 122 Å². The van der Waals surface area contributed by atoms with Gasteiger partial charge in [-0.05, 0) is 113 Å². The molecule has 6 aromatic carbocycles. The Bertz CT molecular complexity index is 4890. The van der Waals surface area contributed by atoms with Crippen LogP contribution in [0.5, 0.6) is 28.7 Å². The number of aromatic nitrogens is 2. The molecule has 0 saturated carbocycles. The van der Waals surface area contributed by atoms with Gasteiger partial charge in [-0.15, -0.1) is 0 Å². The Labute approximate surface area is 707 Å². The van der Waals surface area contributed by atoms with E-state index in [-0.39, 0.29) is 71.3 Å². The Morgan fingerprint density at radius 2 is 0.621 bits per heavy atom. The third kappa shape index (κ3) is 31.6. The lowest BCUT2D eigenvalue weighted by Gasteiger charge is -2.28. The summed E-state index contributed by atoms with van der Waals surface area (Å²) in [6.45, 7) is 3.27. The summed E-state index contributed by atoms with van der Waals surface area (Å²) in [5, 5.41) is 129. The maximum Gasteiger partial charge on any atom is 0.326 e. The van der Waals surface area contributed by atoms with Crippen LogP contribution >= 0.6 is 0 Å². The van der Waals surface area contributed by atoms with Gasteiger partial charge in [-0.1, -0.05) is 105 Å². The van der Waals surface area contributed by atoms with E-state index in [1.807, 2.05) is 0 Å². The van der Waals surface area contributed by atoms with Crippen molar-refractivity contribution in [3.8, 4) is 28.7 Å². The van der Waals surface area contributed by atoms with Gasteiger partial charge in [-0.25, -0.2) is 9.78 Å². The first-order valence-electron chi connectivity index (χ1n) is 38.6. The van der Waals surface area contributed by atoms with Crippen molar-refractivity contribution in [3.63, 3.8) is 0 Å². The first kappa shape index (κ1) is 96.1. The average Bonchev–Trinajstić information content (AvgIpc) is 1.10. The highest BCUT2D eigenvalue weighted by molar-refractivity contribution is 6.01. The van der Waals surface area contributed by atoms with Crippen LogP contribution in [0.15, 0.2) is 164 Å². The van der Waals surface area contributed by atoms with Crippen LogP contribution in [0.4, 0.5) is 0 Å². The Morgan fingerprint density at radius 1 is 0.331 bits per heavy atom. The fraction of sp³-hybridized carbons (Fsp3) is 0.337. The van der Waals surface area contributed by atoms with Crippen molar-refractivity contribution < 1.29 is 128 Å². The molecule has 660 valence electrons. The lowest BCUT2D eigenvalue weighted by Crippen LogP contribution is -2.62. The summed E-state index contributed by atoms with van der Waals surface area (Å²) in [4.78, 5) is 228. The van der Waals surface area contributed by atoms with Gasteiger partial charge in [-0.2, -0.15) is 0 Å². The van der Waals surface area contributed by atoms with Crippen molar-refractivity contribution in [1.29, 1.82) is 0 Å². The number of rotatable bonds is 47. The number of nitrogens with one attached hydrogen (secondary N) is 13. The second-order valence-corrected chi connectivity index (χ2v) is 29.3. The summed E-state index contributed by atoms with van der Waals surface area (Å²) >= 11 is 0. The minimum atomic E-state index is -2.28. The Balaban J connectivity index is 1.09. The van der Waals surface area contributed by atoms with Crippen molar-refractivity contribution >= 4 is 94.8 Å². The molecule has 0 unspecified atom stereocenters. The summed E-state index contributed by atoms with van der Waals surface area (Å²) in [5.41, 5.74) is 8.31. The molecule has 7 rings (SSSR count). The van der Waals surface area contributed by atoms with Gasteiger partial charge in [0.15, 0.2) is 0 Å². The van der Waals surface area contributed by atoms with E-state index in [4.69, 9.17) is 5.73 Å². The SMILES string of the molecule is CC(C)[C@H](NC(=O)[C@@H](N)Cc1ccc(O)cc1)C(=O)N[C@H](C(=O)N[C@@H](Cc1ccc(O)cc1)C(=O)NCC(=O)N[C@@H](Cc1ccc(O)cc1)C(=O)N[C@@H](CC(=O)O)C(=O)N[C@@H](CC(=O)O)C(=O)N[C@@H](Cc1ccc(O)cc1)C(=O)N[C@@H](Cc1cnc[nH]1)C(=O)N[C@@H](Cc1ccccc1)C(=O)N[C@@H](CC(=O)O)C(=O)N[C@@H](Cc1ccc(O)cc1)C(=O)O)[C@@H](C)O. The Kier molecular flexibility index (Phi) is 36.1. The normalized spacial score (nSPS) is 14.2. The lowest BCUT2D eigenvalue weighted by molar-refractivity contribution is -0.144. The molecule has 0 saturated heterocycles. The van der Waals surface area contributed by atoms with E-state index < -0.39 is 224 Å². The molecule has 41 nitrogen and oxygen atoms in total. The highest BCUT2D eigenvalue weighted by Crippen LogP contribution is 2.20. The molecule has 7 aromatic rings. The number of H-pyrrole nitrogens is 1. The molecule has 13 atom stereocenters. The number of nitrogens with two attached hydrogens (primary N) is 1. The third-order valence-corrected chi connectivity index (χ3v) is 19.1. The number of phenols is 5. The van der Waals surface area contributed by atoms with Crippen LogP contribution in [0.25, 0.3) is 0 Å². The van der Waals surface area contributed by atoms with Crippen molar-refractivity contribution in [2.24, 2.45) is 11.7 Å². The Hall–Kier alpha value is -15.0. The Morgan fingerprint density at radius 3 is 0.960 bits per heavy atom. The number of nitrogens with zero attached hydrogens (tertiary/aromatic N) is 1. The number of carbonyl (C=O) groups is 16.